The molecule has 1 aliphatic heterocycles. The summed E-state index contributed by atoms with van der Waals surface area (Å²) in [5.41, 5.74) is 0.287. The molecule has 1 aromatic heterocycles. The maximum Gasteiger partial charge on any atom is 0.339 e. The van der Waals surface area contributed by atoms with Gasteiger partial charge in [-0.2, -0.15) is 0 Å². The van der Waals surface area contributed by atoms with Gasteiger partial charge in [-0.1, -0.05) is 13.8 Å². The van der Waals surface area contributed by atoms with E-state index in [2.05, 4.69) is 18.7 Å². The molecule has 112 valence electrons. The van der Waals surface area contributed by atoms with Crippen LogP contribution in [0, 0.1) is 18.8 Å². The summed E-state index contributed by atoms with van der Waals surface area (Å²) in [7, 11) is 0. The normalized spacial score (nSPS) is 21.1. The van der Waals surface area contributed by atoms with Crippen LogP contribution in [0.1, 0.15) is 55.0 Å². The first-order valence-electron chi connectivity index (χ1n) is 7.52. The van der Waals surface area contributed by atoms with Gasteiger partial charge in [0.05, 0.1) is 6.54 Å². The number of furan rings is 1. The summed E-state index contributed by atoms with van der Waals surface area (Å²) in [5.74, 6) is 1.92. The van der Waals surface area contributed by atoms with E-state index in [1.807, 2.05) is 0 Å². The molecular weight excluding hydrogens is 254 g/mol. The van der Waals surface area contributed by atoms with Crippen LogP contribution in [0.5, 0.6) is 0 Å². The molecule has 0 bridgehead atoms. The lowest BCUT2D eigenvalue weighted by atomic mass is 9.89. The summed E-state index contributed by atoms with van der Waals surface area (Å²) in [6.07, 6.45) is 3.74. The molecule has 1 N–H and O–H groups in total. The van der Waals surface area contributed by atoms with Crippen LogP contribution in [0.25, 0.3) is 0 Å². The minimum atomic E-state index is -0.909. The van der Waals surface area contributed by atoms with Crippen molar-refractivity contribution < 1.29 is 14.3 Å². The summed E-state index contributed by atoms with van der Waals surface area (Å²) < 4.78 is 5.57. The first-order chi connectivity index (χ1) is 9.47. The van der Waals surface area contributed by atoms with E-state index in [9.17, 15) is 4.79 Å². The number of carbonyl (C=O) groups is 1. The van der Waals surface area contributed by atoms with Gasteiger partial charge in [0.2, 0.25) is 0 Å². The van der Waals surface area contributed by atoms with Crippen LogP contribution in [0.3, 0.4) is 0 Å². The Morgan fingerprint density at radius 3 is 2.80 bits per heavy atom. The van der Waals surface area contributed by atoms with E-state index in [4.69, 9.17) is 9.52 Å². The molecule has 2 rings (SSSR count). The van der Waals surface area contributed by atoms with Crippen LogP contribution in [0.2, 0.25) is 0 Å². The molecule has 1 aromatic rings. The maximum atomic E-state index is 11.0. The quantitative estimate of drug-likeness (QED) is 0.915. The molecule has 0 amide bonds. The molecule has 4 nitrogen and oxygen atoms in total. The minimum absolute atomic E-state index is 0.287. The van der Waals surface area contributed by atoms with Crippen molar-refractivity contribution >= 4 is 5.97 Å². The number of aromatic carboxylic acids is 1. The molecule has 0 saturated carbocycles. The van der Waals surface area contributed by atoms with Gasteiger partial charge >= 0.3 is 5.97 Å². The average Bonchev–Trinajstić information content (AvgIpc) is 2.59. The van der Waals surface area contributed by atoms with Crippen molar-refractivity contribution in [2.45, 2.75) is 46.6 Å². The highest BCUT2D eigenvalue weighted by Crippen LogP contribution is 2.25. The topological polar surface area (TPSA) is 53.7 Å². The number of aryl methyl sites for hydroxylation is 1. The number of hydrogen-bond acceptors (Lipinski definition) is 3. The first-order valence-corrected chi connectivity index (χ1v) is 7.52. The van der Waals surface area contributed by atoms with Gasteiger partial charge in [-0.25, -0.2) is 4.79 Å². The number of rotatable bonds is 4. The lowest BCUT2D eigenvalue weighted by molar-refractivity contribution is 0.0695. The molecule has 1 fully saturated rings. The van der Waals surface area contributed by atoms with Crippen LogP contribution in [0.4, 0.5) is 0 Å². The van der Waals surface area contributed by atoms with Gasteiger partial charge in [0.15, 0.2) is 0 Å². The summed E-state index contributed by atoms with van der Waals surface area (Å²) in [6, 6.07) is 1.67. The van der Waals surface area contributed by atoms with E-state index >= 15 is 0 Å². The van der Waals surface area contributed by atoms with E-state index in [1.54, 1.807) is 13.0 Å². The molecule has 2 heterocycles. The second-order valence-electron chi connectivity index (χ2n) is 6.20. The Morgan fingerprint density at radius 2 is 2.20 bits per heavy atom. The highest BCUT2D eigenvalue weighted by Gasteiger charge is 2.21. The molecule has 0 spiro atoms. The van der Waals surface area contributed by atoms with E-state index < -0.39 is 5.97 Å². The molecule has 1 aliphatic rings. The van der Waals surface area contributed by atoms with Crippen LogP contribution in [0.15, 0.2) is 10.5 Å². The molecule has 1 saturated heterocycles. The fourth-order valence-corrected chi connectivity index (χ4v) is 3.06. The number of carboxylic acid groups (broad SMARTS) is 1. The summed E-state index contributed by atoms with van der Waals surface area (Å²) in [5, 5.41) is 9.05. The van der Waals surface area contributed by atoms with Crippen molar-refractivity contribution in [3.8, 4) is 0 Å². The molecule has 0 aromatic carbocycles. The van der Waals surface area contributed by atoms with Crippen LogP contribution < -0.4 is 0 Å². The highest BCUT2D eigenvalue weighted by atomic mass is 16.4. The van der Waals surface area contributed by atoms with Crippen molar-refractivity contribution in [2.24, 2.45) is 11.8 Å². The predicted octanol–water partition coefficient (Wildman–Crippen LogP) is 3.54. The molecule has 0 radical (unpaired) electrons. The second-order valence-corrected chi connectivity index (χ2v) is 6.20. The Morgan fingerprint density at radius 1 is 1.45 bits per heavy atom. The van der Waals surface area contributed by atoms with Gasteiger partial charge < -0.3 is 9.52 Å². The van der Waals surface area contributed by atoms with Crippen molar-refractivity contribution in [2.75, 3.05) is 13.1 Å². The Balaban J connectivity index is 1.96. The van der Waals surface area contributed by atoms with Crippen molar-refractivity contribution in [1.82, 2.24) is 4.90 Å². The Bertz CT molecular complexity index is 464. The van der Waals surface area contributed by atoms with Crippen molar-refractivity contribution in [3.63, 3.8) is 0 Å². The number of carboxylic acids is 1. The SMILES string of the molecule is Cc1oc(CN2CCCC(C(C)C)CC2)cc1C(=O)O. The largest absolute Gasteiger partial charge is 0.478 e. The molecule has 20 heavy (non-hydrogen) atoms. The fraction of sp³-hybridized carbons (Fsp3) is 0.688. The number of nitrogens with zero attached hydrogens (tertiary/aromatic N) is 1. The van der Waals surface area contributed by atoms with Gasteiger partial charge in [0.1, 0.15) is 17.1 Å². The van der Waals surface area contributed by atoms with Gasteiger partial charge in [-0.15, -0.1) is 0 Å². The summed E-state index contributed by atoms with van der Waals surface area (Å²) in [6.45, 7) is 9.18. The summed E-state index contributed by atoms with van der Waals surface area (Å²) in [4.78, 5) is 13.4. The number of hydrogen-bond donors (Lipinski definition) is 1. The maximum absolute atomic E-state index is 11.0. The fourth-order valence-electron chi connectivity index (χ4n) is 3.06. The second kappa shape index (κ2) is 6.44. The van der Waals surface area contributed by atoms with Gasteiger partial charge in [0, 0.05) is 0 Å². The Hall–Kier alpha value is -1.29. The van der Waals surface area contributed by atoms with E-state index in [0.29, 0.717) is 5.76 Å². The predicted molar refractivity (Wildman–Crippen MR) is 77.9 cm³/mol. The summed E-state index contributed by atoms with van der Waals surface area (Å²) >= 11 is 0. The third kappa shape index (κ3) is 3.63. The zero-order chi connectivity index (χ0) is 14.7. The van der Waals surface area contributed by atoms with Crippen LogP contribution >= 0.6 is 0 Å². The van der Waals surface area contributed by atoms with Crippen molar-refractivity contribution in [1.29, 1.82) is 0 Å². The van der Waals surface area contributed by atoms with E-state index in [-0.39, 0.29) is 5.56 Å². The monoisotopic (exact) mass is 279 g/mol. The zero-order valence-electron chi connectivity index (χ0n) is 12.7. The van der Waals surface area contributed by atoms with Gasteiger partial charge in [-0.3, -0.25) is 4.90 Å². The highest BCUT2D eigenvalue weighted by molar-refractivity contribution is 5.88. The lowest BCUT2D eigenvalue weighted by Crippen LogP contribution is -2.24. The standard InChI is InChI=1S/C16H25NO3/c1-11(2)13-5-4-7-17(8-6-13)10-14-9-15(16(18)19)12(3)20-14/h9,11,13H,4-8,10H2,1-3H3,(H,18,19). The van der Waals surface area contributed by atoms with E-state index in [0.717, 1.165) is 37.2 Å². The molecule has 1 atom stereocenters. The van der Waals surface area contributed by atoms with Gasteiger partial charge in [-0.05, 0) is 57.2 Å². The molecule has 0 aliphatic carbocycles. The minimum Gasteiger partial charge on any atom is -0.478 e. The van der Waals surface area contributed by atoms with Gasteiger partial charge in [0.25, 0.3) is 0 Å². The average molecular weight is 279 g/mol. The third-order valence-corrected chi connectivity index (χ3v) is 4.39. The van der Waals surface area contributed by atoms with E-state index in [1.165, 1.54) is 19.3 Å². The Labute approximate surface area is 120 Å². The van der Waals surface area contributed by atoms with Crippen LogP contribution in [-0.2, 0) is 6.54 Å². The molecular formula is C16H25NO3. The third-order valence-electron chi connectivity index (χ3n) is 4.39. The van der Waals surface area contributed by atoms with Crippen molar-refractivity contribution in [3.05, 3.63) is 23.2 Å². The molecule has 4 heteroatoms. The smallest absolute Gasteiger partial charge is 0.339 e. The molecule has 1 unspecified atom stereocenters. The first kappa shape index (κ1) is 15.1. The number of likely N-dealkylation sites (tertiary alicyclic amines) is 1. The van der Waals surface area contributed by atoms with Crippen LogP contribution in [-0.4, -0.2) is 29.1 Å². The lowest BCUT2D eigenvalue weighted by Gasteiger charge is -2.20. The Kier molecular flexibility index (Phi) is 4.86. The zero-order valence-corrected chi connectivity index (χ0v) is 12.7.